The number of carbonyl (C=O) groups is 2. The summed E-state index contributed by atoms with van der Waals surface area (Å²) in [4.78, 5) is 25.2. The Hall–Kier alpha value is -3.04. The molecular weight excluding hydrogens is 394 g/mol. The summed E-state index contributed by atoms with van der Waals surface area (Å²) in [7, 11) is 0. The zero-order chi connectivity index (χ0) is 21.3. The van der Waals surface area contributed by atoms with E-state index in [9.17, 15) is 18.4 Å². The van der Waals surface area contributed by atoms with E-state index in [4.69, 9.17) is 5.73 Å². The molecule has 2 amide bonds. The molecule has 0 saturated carbocycles. The Balaban J connectivity index is 1.58. The molecule has 30 heavy (non-hydrogen) atoms. The highest BCUT2D eigenvalue weighted by molar-refractivity contribution is 5.78. The Morgan fingerprint density at radius 1 is 1.13 bits per heavy atom. The van der Waals surface area contributed by atoms with E-state index in [1.807, 2.05) is 9.47 Å². The van der Waals surface area contributed by atoms with Gasteiger partial charge >= 0.3 is 0 Å². The smallest absolute Gasteiger partial charge is 0.227 e. The van der Waals surface area contributed by atoms with E-state index in [1.165, 1.54) is 12.1 Å². The van der Waals surface area contributed by atoms with E-state index in [-0.39, 0.29) is 23.8 Å². The molecule has 2 fully saturated rings. The van der Waals surface area contributed by atoms with Gasteiger partial charge in [0, 0.05) is 38.0 Å². The first-order valence-corrected chi connectivity index (χ1v) is 10.1. The third-order valence-electron chi connectivity index (χ3n) is 5.79. The van der Waals surface area contributed by atoms with Gasteiger partial charge in [0.05, 0.1) is 6.04 Å². The van der Waals surface area contributed by atoms with Crippen LogP contribution in [0.3, 0.4) is 0 Å². The Morgan fingerprint density at radius 2 is 1.83 bits per heavy atom. The number of hydrogen-bond donors (Lipinski definition) is 2. The molecule has 0 spiro atoms. The topological polar surface area (TPSA) is 106 Å². The zero-order valence-corrected chi connectivity index (χ0v) is 16.5. The number of anilines is 1. The average molecular weight is 418 g/mol. The molecule has 0 bridgehead atoms. The molecular formula is C20H24F2N6O2. The number of halogens is 2. The van der Waals surface area contributed by atoms with Crippen LogP contribution in [0.2, 0.25) is 0 Å². The van der Waals surface area contributed by atoms with Crippen LogP contribution in [0.25, 0.3) is 0 Å². The molecule has 2 aromatic rings. The number of piperidine rings is 1. The van der Waals surface area contributed by atoms with Crippen molar-refractivity contribution in [3.05, 3.63) is 41.2 Å². The Labute approximate surface area is 172 Å². The van der Waals surface area contributed by atoms with Gasteiger partial charge in [0.2, 0.25) is 17.8 Å². The van der Waals surface area contributed by atoms with Crippen molar-refractivity contribution < 1.29 is 18.4 Å². The van der Waals surface area contributed by atoms with Crippen LogP contribution in [-0.4, -0.2) is 39.7 Å². The SMILES string of the molecule is NC(=O)C1CCN(c2nnc(C3CCC(=O)N3)n2CCc2cc(F)cc(F)c2)CC1. The van der Waals surface area contributed by atoms with Crippen LogP contribution in [0.5, 0.6) is 0 Å². The number of aryl methyl sites for hydroxylation is 1. The van der Waals surface area contributed by atoms with E-state index in [2.05, 4.69) is 15.5 Å². The summed E-state index contributed by atoms with van der Waals surface area (Å²) < 4.78 is 29.0. The average Bonchev–Trinajstić information content (AvgIpc) is 3.31. The van der Waals surface area contributed by atoms with Gasteiger partial charge in [0.25, 0.3) is 0 Å². The molecule has 1 unspecified atom stereocenters. The minimum atomic E-state index is -0.620. The number of amides is 2. The van der Waals surface area contributed by atoms with Crippen LogP contribution < -0.4 is 16.0 Å². The Morgan fingerprint density at radius 3 is 2.43 bits per heavy atom. The summed E-state index contributed by atoms with van der Waals surface area (Å²) in [6.45, 7) is 1.62. The lowest BCUT2D eigenvalue weighted by Gasteiger charge is -2.31. The van der Waals surface area contributed by atoms with Gasteiger partial charge in [-0.05, 0) is 43.4 Å². The second-order valence-electron chi connectivity index (χ2n) is 7.86. The Kier molecular flexibility index (Phi) is 5.65. The summed E-state index contributed by atoms with van der Waals surface area (Å²) in [5.41, 5.74) is 5.95. The van der Waals surface area contributed by atoms with Gasteiger partial charge in [-0.3, -0.25) is 14.2 Å². The van der Waals surface area contributed by atoms with Gasteiger partial charge in [0.15, 0.2) is 5.82 Å². The second kappa shape index (κ2) is 8.37. The molecule has 3 heterocycles. The molecule has 1 atom stereocenters. The van der Waals surface area contributed by atoms with E-state index in [0.29, 0.717) is 69.1 Å². The van der Waals surface area contributed by atoms with Gasteiger partial charge in [-0.25, -0.2) is 8.78 Å². The van der Waals surface area contributed by atoms with Gasteiger partial charge in [-0.15, -0.1) is 10.2 Å². The van der Waals surface area contributed by atoms with Crippen molar-refractivity contribution in [1.82, 2.24) is 20.1 Å². The maximum Gasteiger partial charge on any atom is 0.227 e. The normalized spacial score (nSPS) is 19.9. The Bertz CT molecular complexity index is 935. The monoisotopic (exact) mass is 418 g/mol. The minimum Gasteiger partial charge on any atom is -0.369 e. The van der Waals surface area contributed by atoms with Crippen molar-refractivity contribution in [2.75, 3.05) is 18.0 Å². The highest BCUT2D eigenvalue weighted by Gasteiger charge is 2.31. The number of rotatable bonds is 6. The summed E-state index contributed by atoms with van der Waals surface area (Å²) in [5.74, 6) is -0.460. The van der Waals surface area contributed by atoms with Gasteiger partial charge in [0.1, 0.15) is 11.6 Å². The molecule has 8 nitrogen and oxygen atoms in total. The van der Waals surface area contributed by atoms with E-state index in [1.54, 1.807) is 0 Å². The summed E-state index contributed by atoms with van der Waals surface area (Å²) in [5, 5.41) is 11.6. The predicted octanol–water partition coefficient (Wildman–Crippen LogP) is 1.45. The highest BCUT2D eigenvalue weighted by atomic mass is 19.1. The van der Waals surface area contributed by atoms with Crippen molar-refractivity contribution in [3.8, 4) is 0 Å². The van der Waals surface area contributed by atoms with Gasteiger partial charge < -0.3 is 16.0 Å². The quantitative estimate of drug-likeness (QED) is 0.739. The molecule has 2 aliphatic rings. The number of nitrogens with one attached hydrogen (secondary N) is 1. The third kappa shape index (κ3) is 4.27. The van der Waals surface area contributed by atoms with E-state index < -0.39 is 11.6 Å². The fraction of sp³-hybridized carbons (Fsp3) is 0.500. The number of primary amides is 1. The number of nitrogens with zero attached hydrogens (tertiary/aromatic N) is 4. The predicted molar refractivity (Wildman–Crippen MR) is 104 cm³/mol. The van der Waals surface area contributed by atoms with Crippen molar-refractivity contribution in [1.29, 1.82) is 0 Å². The highest BCUT2D eigenvalue weighted by Crippen LogP contribution is 2.28. The molecule has 4 rings (SSSR count). The molecule has 10 heteroatoms. The molecule has 1 aromatic heterocycles. The maximum absolute atomic E-state index is 13.6. The number of nitrogens with two attached hydrogens (primary N) is 1. The van der Waals surface area contributed by atoms with E-state index >= 15 is 0 Å². The largest absolute Gasteiger partial charge is 0.369 e. The first-order valence-electron chi connectivity index (χ1n) is 10.1. The van der Waals surface area contributed by atoms with E-state index in [0.717, 1.165) is 6.07 Å². The lowest BCUT2D eigenvalue weighted by atomic mass is 9.96. The van der Waals surface area contributed by atoms with Crippen LogP contribution in [0.1, 0.15) is 43.1 Å². The molecule has 2 aliphatic heterocycles. The zero-order valence-electron chi connectivity index (χ0n) is 16.5. The number of benzene rings is 1. The molecule has 0 radical (unpaired) electrons. The lowest BCUT2D eigenvalue weighted by molar-refractivity contribution is -0.122. The summed E-state index contributed by atoms with van der Waals surface area (Å²) in [6.07, 6.45) is 2.69. The van der Waals surface area contributed by atoms with Crippen molar-refractivity contribution in [2.24, 2.45) is 11.7 Å². The van der Waals surface area contributed by atoms with Crippen LogP contribution in [-0.2, 0) is 22.6 Å². The fourth-order valence-electron chi connectivity index (χ4n) is 4.18. The minimum absolute atomic E-state index is 0.0365. The van der Waals surface area contributed by atoms with Crippen molar-refractivity contribution in [3.63, 3.8) is 0 Å². The molecule has 0 aliphatic carbocycles. The van der Waals surface area contributed by atoms with Crippen LogP contribution in [0.4, 0.5) is 14.7 Å². The molecule has 3 N–H and O–H groups in total. The van der Waals surface area contributed by atoms with Crippen LogP contribution in [0.15, 0.2) is 18.2 Å². The lowest BCUT2D eigenvalue weighted by Crippen LogP contribution is -2.40. The standard InChI is InChI=1S/C20H24F2N6O2/c21-14-9-12(10-15(22)11-14)3-8-28-19(16-1-2-17(29)24-16)25-26-20(28)27-6-4-13(5-7-27)18(23)30/h9-11,13,16H,1-8H2,(H2,23,30)(H,24,29). The van der Waals surface area contributed by atoms with Crippen molar-refractivity contribution >= 4 is 17.8 Å². The molecule has 2 saturated heterocycles. The number of aromatic nitrogens is 3. The summed E-state index contributed by atoms with van der Waals surface area (Å²) >= 11 is 0. The maximum atomic E-state index is 13.6. The molecule has 1 aromatic carbocycles. The molecule has 160 valence electrons. The first-order chi connectivity index (χ1) is 14.4. The summed E-state index contributed by atoms with van der Waals surface area (Å²) in [6, 6.07) is 3.22. The van der Waals surface area contributed by atoms with Crippen LogP contribution in [0, 0.1) is 17.6 Å². The van der Waals surface area contributed by atoms with Crippen molar-refractivity contribution in [2.45, 2.75) is 44.7 Å². The van der Waals surface area contributed by atoms with Crippen LogP contribution >= 0.6 is 0 Å². The number of hydrogen-bond acceptors (Lipinski definition) is 5. The number of carbonyl (C=O) groups excluding carboxylic acids is 2. The van der Waals surface area contributed by atoms with Gasteiger partial charge in [-0.1, -0.05) is 0 Å². The first kappa shape index (κ1) is 20.2. The second-order valence-corrected chi connectivity index (χ2v) is 7.86. The fourth-order valence-corrected chi connectivity index (χ4v) is 4.18. The van der Waals surface area contributed by atoms with Gasteiger partial charge in [-0.2, -0.15) is 0 Å². The third-order valence-corrected chi connectivity index (χ3v) is 5.79.